The molecule has 11 heteroatoms. The lowest BCUT2D eigenvalue weighted by molar-refractivity contribution is -0.138. The predicted octanol–water partition coefficient (Wildman–Crippen LogP) is 3.70. The van der Waals surface area contributed by atoms with Crippen molar-refractivity contribution < 1.29 is 22.8 Å². The minimum absolute atomic E-state index is 0.153. The molecule has 196 valence electrons. The molecule has 4 heterocycles. The lowest BCUT2D eigenvalue weighted by Crippen LogP contribution is -2.37. The molecule has 2 aromatic heterocycles. The van der Waals surface area contributed by atoms with E-state index in [1.807, 2.05) is 34.2 Å². The standard InChI is InChI=1S/C26H29F3N6O2/c27-26(28,29)21-13-31-25(32-14-21)33-7-3-17(4-8-33)11-23(36)35-9-5-18(16-35)15-34-10-6-19-1-2-20(24(30)37)12-22(19)34/h1-2,6,10,12-14,17-18H,3-5,7-9,11,15-16H2,(H2,30,37). The van der Waals surface area contributed by atoms with E-state index in [2.05, 4.69) is 14.5 Å². The number of alkyl halides is 3. The first-order valence-electron chi connectivity index (χ1n) is 12.5. The number of primary amides is 1. The molecule has 0 saturated carbocycles. The average Bonchev–Trinajstić information content (AvgIpc) is 3.51. The smallest absolute Gasteiger partial charge is 0.366 e. The van der Waals surface area contributed by atoms with Gasteiger partial charge in [-0.3, -0.25) is 9.59 Å². The van der Waals surface area contributed by atoms with Crippen molar-refractivity contribution >= 4 is 28.7 Å². The predicted molar refractivity (Wildman–Crippen MR) is 132 cm³/mol. The summed E-state index contributed by atoms with van der Waals surface area (Å²) in [6.45, 7) is 3.42. The molecule has 0 bridgehead atoms. The third-order valence-electron chi connectivity index (χ3n) is 7.48. The number of anilines is 1. The van der Waals surface area contributed by atoms with Gasteiger partial charge >= 0.3 is 6.18 Å². The van der Waals surface area contributed by atoms with Gasteiger partial charge in [0.15, 0.2) is 0 Å². The van der Waals surface area contributed by atoms with Crippen LogP contribution in [0.5, 0.6) is 0 Å². The molecule has 2 amide bonds. The average molecular weight is 515 g/mol. The summed E-state index contributed by atoms with van der Waals surface area (Å²) >= 11 is 0. The summed E-state index contributed by atoms with van der Waals surface area (Å²) in [7, 11) is 0. The van der Waals surface area contributed by atoms with Crippen molar-refractivity contribution in [3.8, 4) is 0 Å². The number of hydrogen-bond donors (Lipinski definition) is 1. The fraction of sp³-hybridized carbons (Fsp3) is 0.462. The quantitative estimate of drug-likeness (QED) is 0.541. The van der Waals surface area contributed by atoms with E-state index >= 15 is 0 Å². The van der Waals surface area contributed by atoms with Crippen LogP contribution in [0.25, 0.3) is 10.9 Å². The number of rotatable bonds is 6. The Morgan fingerprint density at radius 2 is 1.70 bits per heavy atom. The molecule has 8 nitrogen and oxygen atoms in total. The van der Waals surface area contributed by atoms with Crippen LogP contribution in [0.4, 0.5) is 19.1 Å². The van der Waals surface area contributed by atoms with Crippen LogP contribution in [-0.2, 0) is 17.5 Å². The lowest BCUT2D eigenvalue weighted by Gasteiger charge is -2.32. The molecule has 3 aromatic rings. The number of carbonyl (C=O) groups excluding carboxylic acids is 2. The van der Waals surface area contributed by atoms with Crippen LogP contribution >= 0.6 is 0 Å². The Labute approximate surface area is 212 Å². The van der Waals surface area contributed by atoms with Crippen LogP contribution in [0.2, 0.25) is 0 Å². The summed E-state index contributed by atoms with van der Waals surface area (Å²) < 4.78 is 40.3. The van der Waals surface area contributed by atoms with Gasteiger partial charge in [-0.2, -0.15) is 13.2 Å². The highest BCUT2D eigenvalue weighted by molar-refractivity contribution is 5.97. The molecule has 0 radical (unpaired) electrons. The maximum absolute atomic E-state index is 13.0. The van der Waals surface area contributed by atoms with E-state index in [-0.39, 0.29) is 11.8 Å². The number of hydrogen-bond acceptors (Lipinski definition) is 5. The molecule has 0 aliphatic carbocycles. The van der Waals surface area contributed by atoms with E-state index in [0.717, 1.165) is 55.6 Å². The van der Waals surface area contributed by atoms with Gasteiger partial charge in [0.05, 0.1) is 5.56 Å². The molecule has 2 aliphatic heterocycles. The van der Waals surface area contributed by atoms with Crippen LogP contribution in [0, 0.1) is 11.8 Å². The highest BCUT2D eigenvalue weighted by Gasteiger charge is 2.32. The topological polar surface area (TPSA) is 97.4 Å². The van der Waals surface area contributed by atoms with Gasteiger partial charge in [0, 0.05) is 68.8 Å². The molecular weight excluding hydrogens is 485 g/mol. The minimum atomic E-state index is -4.45. The molecule has 1 unspecified atom stereocenters. The number of nitrogens with zero attached hydrogens (tertiary/aromatic N) is 5. The zero-order valence-corrected chi connectivity index (χ0v) is 20.3. The second-order valence-electron chi connectivity index (χ2n) is 10.0. The third-order valence-corrected chi connectivity index (χ3v) is 7.48. The second-order valence-corrected chi connectivity index (χ2v) is 10.0. The van der Waals surface area contributed by atoms with E-state index in [1.165, 1.54) is 0 Å². The summed E-state index contributed by atoms with van der Waals surface area (Å²) in [5.41, 5.74) is 6.01. The van der Waals surface area contributed by atoms with Gasteiger partial charge in [-0.05, 0) is 54.7 Å². The Hall–Kier alpha value is -3.63. The third kappa shape index (κ3) is 5.55. The zero-order chi connectivity index (χ0) is 26.2. The largest absolute Gasteiger partial charge is 0.419 e. The lowest BCUT2D eigenvalue weighted by atomic mass is 9.93. The molecule has 37 heavy (non-hydrogen) atoms. The maximum Gasteiger partial charge on any atom is 0.419 e. The number of nitrogens with two attached hydrogens (primary N) is 1. The van der Waals surface area contributed by atoms with Crippen LogP contribution in [0.3, 0.4) is 0 Å². The number of carbonyl (C=O) groups is 2. The van der Waals surface area contributed by atoms with Crippen LogP contribution in [0.1, 0.15) is 41.6 Å². The van der Waals surface area contributed by atoms with Crippen molar-refractivity contribution in [3.05, 3.63) is 54.0 Å². The van der Waals surface area contributed by atoms with E-state index < -0.39 is 17.6 Å². The highest BCUT2D eigenvalue weighted by Crippen LogP contribution is 2.30. The summed E-state index contributed by atoms with van der Waals surface area (Å²) in [5.74, 6) is 0.555. The van der Waals surface area contributed by atoms with Crippen LogP contribution < -0.4 is 10.6 Å². The number of amides is 2. The Bertz CT molecular complexity index is 1280. The first-order valence-corrected chi connectivity index (χ1v) is 12.5. The van der Waals surface area contributed by atoms with Crippen molar-refractivity contribution in [1.82, 2.24) is 19.4 Å². The van der Waals surface area contributed by atoms with Gasteiger partial charge < -0.3 is 20.1 Å². The summed E-state index contributed by atoms with van der Waals surface area (Å²) in [6, 6.07) is 7.45. The zero-order valence-electron chi connectivity index (χ0n) is 20.3. The van der Waals surface area contributed by atoms with E-state index in [9.17, 15) is 22.8 Å². The molecule has 2 saturated heterocycles. The van der Waals surface area contributed by atoms with Gasteiger partial charge in [-0.1, -0.05) is 6.07 Å². The van der Waals surface area contributed by atoms with E-state index in [4.69, 9.17) is 5.73 Å². The Morgan fingerprint density at radius 3 is 2.38 bits per heavy atom. The number of halogens is 3. The Kier molecular flexibility index (Phi) is 6.78. The van der Waals surface area contributed by atoms with Gasteiger partial charge in [0.25, 0.3) is 0 Å². The SMILES string of the molecule is NC(=O)c1ccc2ccn(CC3CCN(C(=O)CC4CCN(c5ncc(C(F)(F)F)cn5)CC4)C3)c2c1. The van der Waals surface area contributed by atoms with Crippen LogP contribution in [-0.4, -0.2) is 57.4 Å². The van der Waals surface area contributed by atoms with E-state index in [1.54, 1.807) is 6.07 Å². The molecule has 1 aromatic carbocycles. The summed E-state index contributed by atoms with van der Waals surface area (Å²) in [5, 5.41) is 1.05. The fourth-order valence-corrected chi connectivity index (χ4v) is 5.33. The number of fused-ring (bicyclic) bond motifs is 1. The Balaban J connectivity index is 1.11. The van der Waals surface area contributed by atoms with Crippen molar-refractivity contribution in [2.45, 2.75) is 38.4 Å². The molecule has 2 N–H and O–H groups in total. The van der Waals surface area contributed by atoms with Gasteiger partial charge in [0.2, 0.25) is 17.8 Å². The van der Waals surface area contributed by atoms with Crippen molar-refractivity contribution in [1.29, 1.82) is 0 Å². The highest BCUT2D eigenvalue weighted by atomic mass is 19.4. The summed E-state index contributed by atoms with van der Waals surface area (Å²) in [6.07, 6.45) is 2.12. The van der Waals surface area contributed by atoms with Gasteiger partial charge in [-0.25, -0.2) is 9.97 Å². The molecule has 2 aliphatic rings. The first kappa shape index (κ1) is 25.0. The molecule has 2 fully saturated rings. The minimum Gasteiger partial charge on any atom is -0.366 e. The molecule has 0 spiro atoms. The van der Waals surface area contributed by atoms with Crippen molar-refractivity contribution in [2.24, 2.45) is 17.6 Å². The summed E-state index contributed by atoms with van der Waals surface area (Å²) in [4.78, 5) is 36.1. The molecule has 5 rings (SSSR count). The van der Waals surface area contributed by atoms with Crippen molar-refractivity contribution in [2.75, 3.05) is 31.1 Å². The maximum atomic E-state index is 13.0. The van der Waals surface area contributed by atoms with Crippen molar-refractivity contribution in [3.63, 3.8) is 0 Å². The fourth-order valence-electron chi connectivity index (χ4n) is 5.33. The number of likely N-dealkylation sites (tertiary alicyclic amines) is 1. The number of aromatic nitrogens is 3. The second kappa shape index (κ2) is 10.0. The number of piperidine rings is 1. The number of benzene rings is 1. The van der Waals surface area contributed by atoms with Gasteiger partial charge in [0.1, 0.15) is 0 Å². The van der Waals surface area contributed by atoms with Gasteiger partial charge in [-0.15, -0.1) is 0 Å². The monoisotopic (exact) mass is 514 g/mol. The molecule has 1 atom stereocenters. The van der Waals surface area contributed by atoms with Crippen LogP contribution in [0.15, 0.2) is 42.9 Å². The normalized spacial score (nSPS) is 19.1. The molecular formula is C26H29F3N6O2. The Morgan fingerprint density at radius 1 is 1.00 bits per heavy atom. The van der Waals surface area contributed by atoms with E-state index in [0.29, 0.717) is 43.5 Å². The first-order chi connectivity index (χ1) is 17.7.